The van der Waals surface area contributed by atoms with Crippen molar-refractivity contribution in [1.29, 1.82) is 0 Å². The summed E-state index contributed by atoms with van der Waals surface area (Å²) >= 11 is 0. The molecule has 0 aliphatic carbocycles. The van der Waals surface area contributed by atoms with Crippen LogP contribution >= 0.6 is 0 Å². The number of rotatable bonds is 6. The molecule has 162 valence electrons. The number of fused-ring (bicyclic) bond motifs is 1. The highest BCUT2D eigenvalue weighted by Crippen LogP contribution is 2.42. The van der Waals surface area contributed by atoms with E-state index in [4.69, 9.17) is 14.2 Å². The Bertz CT molecular complexity index is 911. The van der Waals surface area contributed by atoms with Gasteiger partial charge in [0.1, 0.15) is 12.1 Å². The zero-order valence-electron chi connectivity index (χ0n) is 17.9. The number of hydrogen-bond acceptors (Lipinski definition) is 6. The number of H-pyrrole nitrogens is 1. The minimum absolute atomic E-state index is 0.128. The average molecular weight is 416 g/mol. The molecule has 0 unspecified atom stereocenters. The average Bonchev–Trinajstić information content (AvgIpc) is 3.24. The number of esters is 1. The zero-order valence-corrected chi connectivity index (χ0v) is 17.9. The molecule has 2 aromatic rings. The molecular formula is C21H28N4O5. The third kappa shape index (κ3) is 3.92. The lowest BCUT2D eigenvalue weighted by Gasteiger charge is -2.37. The number of aromatic nitrogens is 2. The van der Waals surface area contributed by atoms with E-state index in [2.05, 4.69) is 15.3 Å². The predicted molar refractivity (Wildman–Crippen MR) is 110 cm³/mol. The Labute approximate surface area is 175 Å². The van der Waals surface area contributed by atoms with E-state index in [-0.39, 0.29) is 11.9 Å². The number of aromatic amines is 1. The van der Waals surface area contributed by atoms with Gasteiger partial charge < -0.3 is 29.4 Å². The number of methoxy groups -OCH3 is 3. The Kier molecular flexibility index (Phi) is 6.49. The first-order valence-electron chi connectivity index (χ1n) is 9.80. The van der Waals surface area contributed by atoms with E-state index in [1.165, 1.54) is 7.11 Å². The molecular weight excluding hydrogens is 388 g/mol. The summed E-state index contributed by atoms with van der Waals surface area (Å²) in [7, 11) is 4.44. The van der Waals surface area contributed by atoms with E-state index in [9.17, 15) is 9.59 Å². The molecule has 9 nitrogen and oxygen atoms in total. The molecule has 1 aliphatic heterocycles. The molecule has 1 aliphatic rings. The Hall–Kier alpha value is -3.23. The van der Waals surface area contributed by atoms with Gasteiger partial charge in [-0.1, -0.05) is 26.0 Å². The number of amides is 2. The summed E-state index contributed by atoms with van der Waals surface area (Å²) in [4.78, 5) is 34.8. The fourth-order valence-corrected chi connectivity index (χ4v) is 3.78. The quantitative estimate of drug-likeness (QED) is 0.700. The van der Waals surface area contributed by atoms with Crippen molar-refractivity contribution in [2.75, 3.05) is 27.9 Å². The van der Waals surface area contributed by atoms with Crippen molar-refractivity contribution in [1.82, 2.24) is 20.2 Å². The number of benzene rings is 1. The highest BCUT2D eigenvalue weighted by atomic mass is 16.5. The molecule has 9 heteroatoms. The Morgan fingerprint density at radius 2 is 2.00 bits per heavy atom. The van der Waals surface area contributed by atoms with Gasteiger partial charge in [-0.15, -0.1) is 0 Å². The smallest absolute Gasteiger partial charge is 0.328 e. The lowest BCUT2D eigenvalue weighted by Crippen LogP contribution is -2.53. The van der Waals surface area contributed by atoms with E-state index in [0.29, 0.717) is 24.5 Å². The minimum atomic E-state index is -0.754. The largest absolute Gasteiger partial charge is 0.493 e. The number of ether oxygens (including phenoxy) is 3. The van der Waals surface area contributed by atoms with Crippen LogP contribution in [0.4, 0.5) is 4.79 Å². The molecule has 0 fully saturated rings. The number of carbonyl (C=O) groups excluding carboxylic acids is 2. The molecule has 0 saturated carbocycles. The molecule has 1 aromatic heterocycles. The van der Waals surface area contributed by atoms with Gasteiger partial charge in [0.25, 0.3) is 0 Å². The fraction of sp³-hybridized carbons (Fsp3) is 0.476. The molecule has 2 N–H and O–H groups in total. The zero-order chi connectivity index (χ0) is 21.8. The van der Waals surface area contributed by atoms with Crippen molar-refractivity contribution in [2.24, 2.45) is 5.92 Å². The second-order valence-corrected chi connectivity index (χ2v) is 7.39. The summed E-state index contributed by atoms with van der Waals surface area (Å²) in [5, 5.41) is 2.83. The van der Waals surface area contributed by atoms with Crippen LogP contribution in [0.3, 0.4) is 0 Å². The van der Waals surface area contributed by atoms with Crippen LogP contribution < -0.4 is 14.8 Å². The maximum absolute atomic E-state index is 13.3. The second kappa shape index (κ2) is 9.06. The number of urea groups is 1. The van der Waals surface area contributed by atoms with Crippen LogP contribution in [-0.2, 0) is 16.0 Å². The number of nitrogens with one attached hydrogen (secondary N) is 2. The van der Waals surface area contributed by atoms with Gasteiger partial charge in [0, 0.05) is 24.2 Å². The lowest BCUT2D eigenvalue weighted by atomic mass is 9.94. The topological polar surface area (TPSA) is 106 Å². The van der Waals surface area contributed by atoms with Gasteiger partial charge in [-0.3, -0.25) is 0 Å². The third-order valence-corrected chi connectivity index (χ3v) is 5.31. The highest BCUT2D eigenvalue weighted by Gasteiger charge is 2.38. The van der Waals surface area contributed by atoms with Gasteiger partial charge in [-0.25, -0.2) is 14.6 Å². The van der Waals surface area contributed by atoms with Crippen molar-refractivity contribution in [2.45, 2.75) is 32.4 Å². The molecule has 0 saturated heterocycles. The molecule has 3 rings (SSSR count). The van der Waals surface area contributed by atoms with Gasteiger partial charge in [0.05, 0.1) is 33.4 Å². The molecule has 0 radical (unpaired) electrons. The molecule has 1 aromatic carbocycles. The maximum atomic E-state index is 13.3. The van der Waals surface area contributed by atoms with E-state index in [0.717, 1.165) is 17.0 Å². The monoisotopic (exact) mass is 416 g/mol. The molecule has 0 bridgehead atoms. The molecule has 0 spiro atoms. The number of carbonyl (C=O) groups is 2. The van der Waals surface area contributed by atoms with E-state index < -0.39 is 18.1 Å². The highest BCUT2D eigenvalue weighted by molar-refractivity contribution is 5.84. The first kappa shape index (κ1) is 21.5. The normalized spacial score (nSPS) is 16.6. The standard InChI is InChI=1S/C21H28N4O5/c1-12(2)16(20(26)30-5)24-21(27)25-10-9-14-17(23-11-22-14)18(25)13-7-6-8-15(28-3)19(13)29-4/h6-8,11-12,16,18H,9-10H2,1-5H3,(H,22,23)(H,24,27)/t16-,18-/m1/s1. The predicted octanol–water partition coefficient (Wildman–Crippen LogP) is 2.28. The van der Waals surface area contributed by atoms with E-state index >= 15 is 0 Å². The second-order valence-electron chi connectivity index (χ2n) is 7.39. The van der Waals surface area contributed by atoms with E-state index in [1.807, 2.05) is 26.0 Å². The Balaban J connectivity index is 2.02. The number of imidazole rings is 1. The summed E-state index contributed by atoms with van der Waals surface area (Å²) < 4.78 is 15.9. The third-order valence-electron chi connectivity index (χ3n) is 5.31. The van der Waals surface area contributed by atoms with Crippen LogP contribution in [0.25, 0.3) is 0 Å². The first-order chi connectivity index (χ1) is 14.4. The summed E-state index contributed by atoms with van der Waals surface area (Å²) in [6.45, 7) is 4.15. The van der Waals surface area contributed by atoms with Crippen LogP contribution in [-0.4, -0.2) is 60.8 Å². The summed E-state index contributed by atoms with van der Waals surface area (Å²) in [6.07, 6.45) is 2.24. The number of nitrogens with zero attached hydrogens (tertiary/aromatic N) is 2. The lowest BCUT2D eigenvalue weighted by molar-refractivity contribution is -0.144. The molecule has 2 heterocycles. The summed E-state index contributed by atoms with van der Waals surface area (Å²) in [6, 6.07) is 3.90. The van der Waals surface area contributed by atoms with Gasteiger partial charge in [-0.05, 0) is 12.0 Å². The Morgan fingerprint density at radius 3 is 2.63 bits per heavy atom. The van der Waals surface area contributed by atoms with Crippen molar-refractivity contribution in [3.8, 4) is 11.5 Å². The van der Waals surface area contributed by atoms with Crippen LogP contribution in [0, 0.1) is 5.92 Å². The van der Waals surface area contributed by atoms with Gasteiger partial charge >= 0.3 is 12.0 Å². The van der Waals surface area contributed by atoms with Crippen LogP contribution in [0.2, 0.25) is 0 Å². The van der Waals surface area contributed by atoms with E-state index in [1.54, 1.807) is 31.5 Å². The first-order valence-corrected chi connectivity index (χ1v) is 9.80. The van der Waals surface area contributed by atoms with Crippen molar-refractivity contribution in [3.05, 3.63) is 41.5 Å². The van der Waals surface area contributed by atoms with Gasteiger partial charge in [0.15, 0.2) is 11.5 Å². The molecule has 2 amide bonds. The van der Waals surface area contributed by atoms with Gasteiger partial charge in [0.2, 0.25) is 0 Å². The van der Waals surface area contributed by atoms with Crippen molar-refractivity contribution in [3.63, 3.8) is 0 Å². The number of para-hydroxylation sites is 1. The van der Waals surface area contributed by atoms with Crippen molar-refractivity contribution < 1.29 is 23.8 Å². The minimum Gasteiger partial charge on any atom is -0.493 e. The Morgan fingerprint density at radius 1 is 1.23 bits per heavy atom. The van der Waals surface area contributed by atoms with Crippen LogP contribution in [0.1, 0.15) is 36.8 Å². The maximum Gasteiger partial charge on any atom is 0.328 e. The number of hydrogen-bond donors (Lipinski definition) is 2. The summed E-state index contributed by atoms with van der Waals surface area (Å²) in [5.41, 5.74) is 2.45. The van der Waals surface area contributed by atoms with Crippen LogP contribution in [0.5, 0.6) is 11.5 Å². The fourth-order valence-electron chi connectivity index (χ4n) is 3.78. The summed E-state index contributed by atoms with van der Waals surface area (Å²) in [5.74, 6) is 0.489. The van der Waals surface area contributed by atoms with Gasteiger partial charge in [-0.2, -0.15) is 0 Å². The SMILES string of the molecule is COC(=O)[C@H](NC(=O)N1CCc2[nH]cnc2[C@H]1c1cccc(OC)c1OC)C(C)C. The molecule has 2 atom stereocenters. The van der Waals surface area contributed by atoms with Crippen molar-refractivity contribution >= 4 is 12.0 Å². The molecule has 30 heavy (non-hydrogen) atoms. The van der Waals surface area contributed by atoms with Crippen LogP contribution in [0.15, 0.2) is 24.5 Å².